The minimum absolute atomic E-state index is 0.0316. The molecule has 7 nitrogen and oxygen atoms in total. The van der Waals surface area contributed by atoms with Crippen molar-refractivity contribution in [1.29, 1.82) is 0 Å². The largest absolute Gasteiger partial charge is 0.352 e. The third-order valence-corrected chi connectivity index (χ3v) is 6.69. The van der Waals surface area contributed by atoms with Gasteiger partial charge in [-0.05, 0) is 44.7 Å². The molecular formula is C22H31N5O2S. The number of amides is 2. The molecule has 0 radical (unpaired) electrons. The number of rotatable bonds is 7. The van der Waals surface area contributed by atoms with E-state index in [1.807, 2.05) is 43.7 Å². The topological polar surface area (TPSA) is 88.9 Å². The summed E-state index contributed by atoms with van der Waals surface area (Å²) >= 11 is 1.37. The smallest absolute Gasteiger partial charge is 0.251 e. The Kier molecular flexibility index (Phi) is 7.53. The van der Waals surface area contributed by atoms with Crippen LogP contribution in [0.15, 0.2) is 29.4 Å². The standard InChI is InChI=1S/C22H31N5O2S/c1-14-8-7-10-17(12-14)21(29)23-16(3)20-25-26-22(27(20)4)30-13-19(28)24-18-11-6-5-9-15(18)2/h7-8,10,12,15-16,18H,5-6,9,11,13H2,1-4H3,(H,23,29)(H,24,28)/t15-,16-,18+/m1/s1. The van der Waals surface area contributed by atoms with Crippen LogP contribution in [0.3, 0.4) is 0 Å². The number of thioether (sulfide) groups is 1. The lowest BCUT2D eigenvalue weighted by molar-refractivity contribution is -0.119. The van der Waals surface area contributed by atoms with Crippen LogP contribution in [0.2, 0.25) is 0 Å². The lowest BCUT2D eigenvalue weighted by Gasteiger charge is -2.29. The van der Waals surface area contributed by atoms with Crippen LogP contribution in [-0.4, -0.2) is 38.4 Å². The van der Waals surface area contributed by atoms with Crippen molar-refractivity contribution < 1.29 is 9.59 Å². The summed E-state index contributed by atoms with van der Waals surface area (Å²) in [4.78, 5) is 24.9. The van der Waals surface area contributed by atoms with Gasteiger partial charge >= 0.3 is 0 Å². The third-order valence-electron chi connectivity index (χ3n) is 5.67. The van der Waals surface area contributed by atoms with Gasteiger partial charge in [0.05, 0.1) is 11.8 Å². The molecule has 1 heterocycles. The summed E-state index contributed by atoms with van der Waals surface area (Å²) in [5.41, 5.74) is 1.65. The number of carbonyl (C=O) groups excluding carboxylic acids is 2. The molecule has 0 bridgehead atoms. The van der Waals surface area contributed by atoms with Gasteiger partial charge in [-0.15, -0.1) is 10.2 Å². The molecule has 3 atom stereocenters. The molecule has 1 aliphatic rings. The van der Waals surface area contributed by atoms with Gasteiger partial charge in [0.25, 0.3) is 5.91 Å². The van der Waals surface area contributed by atoms with E-state index in [1.165, 1.54) is 31.0 Å². The average molecular weight is 430 g/mol. The maximum Gasteiger partial charge on any atom is 0.251 e. The predicted octanol–water partition coefficient (Wildman–Crippen LogP) is 3.40. The molecule has 0 aliphatic heterocycles. The maximum absolute atomic E-state index is 12.5. The van der Waals surface area contributed by atoms with E-state index in [2.05, 4.69) is 27.8 Å². The first-order chi connectivity index (χ1) is 14.3. The molecule has 2 aromatic rings. The van der Waals surface area contributed by atoms with Crippen molar-refractivity contribution in [1.82, 2.24) is 25.4 Å². The van der Waals surface area contributed by atoms with Crippen molar-refractivity contribution in [3.63, 3.8) is 0 Å². The Balaban J connectivity index is 1.54. The molecule has 1 saturated carbocycles. The quantitative estimate of drug-likeness (QED) is 0.659. The zero-order valence-electron chi connectivity index (χ0n) is 18.1. The number of aromatic nitrogens is 3. The van der Waals surface area contributed by atoms with Crippen molar-refractivity contribution in [2.24, 2.45) is 13.0 Å². The van der Waals surface area contributed by atoms with Crippen molar-refractivity contribution in [2.45, 2.75) is 63.7 Å². The van der Waals surface area contributed by atoms with E-state index < -0.39 is 0 Å². The summed E-state index contributed by atoms with van der Waals surface area (Å²) in [6.45, 7) is 6.04. The summed E-state index contributed by atoms with van der Waals surface area (Å²) < 4.78 is 1.84. The summed E-state index contributed by atoms with van der Waals surface area (Å²) in [5.74, 6) is 1.37. The van der Waals surface area contributed by atoms with Crippen LogP contribution in [0, 0.1) is 12.8 Å². The number of benzene rings is 1. The van der Waals surface area contributed by atoms with Crippen molar-refractivity contribution in [3.05, 3.63) is 41.2 Å². The second-order valence-electron chi connectivity index (χ2n) is 8.19. The highest BCUT2D eigenvalue weighted by molar-refractivity contribution is 7.99. The van der Waals surface area contributed by atoms with Gasteiger partial charge in [0.1, 0.15) is 0 Å². The molecule has 0 unspecified atom stereocenters. The van der Waals surface area contributed by atoms with E-state index in [1.54, 1.807) is 6.07 Å². The van der Waals surface area contributed by atoms with Crippen LogP contribution >= 0.6 is 11.8 Å². The van der Waals surface area contributed by atoms with E-state index in [0.29, 0.717) is 28.2 Å². The van der Waals surface area contributed by atoms with Crippen LogP contribution in [-0.2, 0) is 11.8 Å². The number of aryl methyl sites for hydroxylation is 1. The van der Waals surface area contributed by atoms with Crippen LogP contribution in [0.5, 0.6) is 0 Å². The number of nitrogens with zero attached hydrogens (tertiary/aromatic N) is 3. The van der Waals surface area contributed by atoms with E-state index in [0.717, 1.165) is 12.0 Å². The van der Waals surface area contributed by atoms with E-state index >= 15 is 0 Å². The zero-order chi connectivity index (χ0) is 21.7. The molecule has 1 aromatic heterocycles. The Morgan fingerprint density at radius 3 is 2.77 bits per heavy atom. The fourth-order valence-electron chi connectivity index (χ4n) is 3.87. The Hall–Kier alpha value is -2.35. The van der Waals surface area contributed by atoms with Gasteiger partial charge in [-0.25, -0.2) is 0 Å². The average Bonchev–Trinajstić information content (AvgIpc) is 3.08. The monoisotopic (exact) mass is 429 g/mol. The minimum atomic E-state index is -0.304. The fourth-order valence-corrected chi connectivity index (χ4v) is 4.60. The fraction of sp³-hybridized carbons (Fsp3) is 0.545. The lowest BCUT2D eigenvalue weighted by atomic mass is 9.86. The number of carbonyl (C=O) groups is 2. The SMILES string of the molecule is Cc1cccc(C(=O)N[C@H](C)c2nnc(SCC(=O)N[C@H]3CCCC[C@H]3C)n2C)c1. The lowest BCUT2D eigenvalue weighted by Crippen LogP contribution is -2.41. The molecule has 162 valence electrons. The molecule has 1 aromatic carbocycles. The van der Waals surface area contributed by atoms with Crippen LogP contribution in [0.1, 0.15) is 67.3 Å². The van der Waals surface area contributed by atoms with Crippen LogP contribution in [0.4, 0.5) is 0 Å². The second kappa shape index (κ2) is 10.1. The Morgan fingerprint density at radius 2 is 2.03 bits per heavy atom. The van der Waals surface area contributed by atoms with Crippen molar-refractivity contribution in [3.8, 4) is 0 Å². The number of hydrogen-bond acceptors (Lipinski definition) is 5. The van der Waals surface area contributed by atoms with Gasteiger partial charge in [-0.3, -0.25) is 9.59 Å². The molecule has 3 rings (SSSR count). The molecule has 2 N–H and O–H groups in total. The van der Waals surface area contributed by atoms with E-state index in [4.69, 9.17) is 0 Å². The van der Waals surface area contributed by atoms with Crippen LogP contribution < -0.4 is 10.6 Å². The van der Waals surface area contributed by atoms with Gasteiger partial charge in [0.2, 0.25) is 5.91 Å². The molecule has 0 saturated heterocycles. The Labute approximate surface area is 182 Å². The number of hydrogen-bond donors (Lipinski definition) is 2. The first-order valence-electron chi connectivity index (χ1n) is 10.5. The van der Waals surface area contributed by atoms with Gasteiger partial charge in [0.15, 0.2) is 11.0 Å². The first kappa shape index (κ1) is 22.3. The molecule has 1 aliphatic carbocycles. The number of nitrogens with one attached hydrogen (secondary N) is 2. The summed E-state index contributed by atoms with van der Waals surface area (Å²) in [5, 5.41) is 15.2. The van der Waals surface area contributed by atoms with E-state index in [9.17, 15) is 9.59 Å². The van der Waals surface area contributed by atoms with Gasteiger partial charge < -0.3 is 15.2 Å². The van der Waals surface area contributed by atoms with Crippen LogP contribution in [0.25, 0.3) is 0 Å². The first-order valence-corrected chi connectivity index (χ1v) is 11.5. The Bertz CT molecular complexity index is 897. The highest BCUT2D eigenvalue weighted by Gasteiger charge is 2.23. The highest BCUT2D eigenvalue weighted by Crippen LogP contribution is 2.24. The normalized spacial score (nSPS) is 19.9. The third kappa shape index (κ3) is 5.62. The van der Waals surface area contributed by atoms with Gasteiger partial charge in [-0.1, -0.05) is 49.2 Å². The molecular weight excluding hydrogens is 398 g/mol. The minimum Gasteiger partial charge on any atom is -0.352 e. The molecule has 1 fully saturated rings. The highest BCUT2D eigenvalue weighted by atomic mass is 32.2. The van der Waals surface area contributed by atoms with Gasteiger partial charge in [-0.2, -0.15) is 0 Å². The summed E-state index contributed by atoms with van der Waals surface area (Å²) in [6, 6.07) is 7.44. The van der Waals surface area contributed by atoms with Gasteiger partial charge in [0, 0.05) is 18.7 Å². The second-order valence-corrected chi connectivity index (χ2v) is 9.13. The zero-order valence-corrected chi connectivity index (χ0v) is 19.0. The molecule has 8 heteroatoms. The van der Waals surface area contributed by atoms with Crippen molar-refractivity contribution in [2.75, 3.05) is 5.75 Å². The van der Waals surface area contributed by atoms with E-state index in [-0.39, 0.29) is 23.9 Å². The Morgan fingerprint density at radius 1 is 1.27 bits per heavy atom. The maximum atomic E-state index is 12.5. The molecule has 30 heavy (non-hydrogen) atoms. The molecule has 2 amide bonds. The predicted molar refractivity (Wildman–Crippen MR) is 118 cm³/mol. The summed E-state index contributed by atoms with van der Waals surface area (Å²) in [7, 11) is 1.86. The molecule has 0 spiro atoms. The summed E-state index contributed by atoms with van der Waals surface area (Å²) in [6.07, 6.45) is 4.67. The van der Waals surface area contributed by atoms with Crippen molar-refractivity contribution >= 4 is 23.6 Å².